The third-order valence-corrected chi connectivity index (χ3v) is 7.80. The lowest BCUT2D eigenvalue weighted by Crippen LogP contribution is -2.38. The molecule has 0 aliphatic heterocycles. The van der Waals surface area contributed by atoms with Crippen LogP contribution in [0.1, 0.15) is 63.2 Å². The van der Waals surface area contributed by atoms with E-state index in [1.165, 1.54) is 61.0 Å². The van der Waals surface area contributed by atoms with E-state index in [1.54, 1.807) is 7.05 Å². The van der Waals surface area contributed by atoms with Crippen molar-refractivity contribution in [3.63, 3.8) is 0 Å². The van der Waals surface area contributed by atoms with E-state index in [0.717, 1.165) is 32.1 Å². The number of benzene rings is 2. The molecule has 1 N–H and O–H groups in total. The molecule has 0 heterocycles. The number of amides is 1. The SMILES string of the molecule is COC(=O)c1cc(NC(=O)c2cccc(S(=O)(=O)N(C)C3CCCCC3)c2)cc(C(=O)OC)c1. The van der Waals surface area contributed by atoms with Crippen molar-refractivity contribution in [3.05, 3.63) is 59.2 Å². The summed E-state index contributed by atoms with van der Waals surface area (Å²) >= 11 is 0. The highest BCUT2D eigenvalue weighted by Crippen LogP contribution is 2.27. The molecular formula is C24H28N2O7S. The summed E-state index contributed by atoms with van der Waals surface area (Å²) in [5.74, 6) is -1.99. The molecule has 2 aromatic carbocycles. The van der Waals surface area contributed by atoms with Crippen LogP contribution in [0.5, 0.6) is 0 Å². The summed E-state index contributed by atoms with van der Waals surface area (Å²) in [6.45, 7) is 0. The maximum absolute atomic E-state index is 13.2. The normalized spacial score (nSPS) is 14.5. The Morgan fingerprint density at radius 2 is 1.47 bits per heavy atom. The summed E-state index contributed by atoms with van der Waals surface area (Å²) in [5.41, 5.74) is 0.361. The molecule has 1 amide bonds. The predicted octanol–water partition coefficient (Wildman–Crippen LogP) is 3.47. The average Bonchev–Trinajstić information content (AvgIpc) is 2.87. The van der Waals surface area contributed by atoms with Crippen molar-refractivity contribution in [3.8, 4) is 0 Å². The molecule has 9 nitrogen and oxygen atoms in total. The van der Waals surface area contributed by atoms with E-state index in [1.807, 2.05) is 0 Å². The molecule has 1 saturated carbocycles. The molecule has 182 valence electrons. The minimum atomic E-state index is -3.78. The fraction of sp³-hybridized carbons (Fsp3) is 0.375. The molecule has 34 heavy (non-hydrogen) atoms. The Labute approximate surface area is 199 Å². The zero-order valence-corrected chi connectivity index (χ0v) is 20.2. The molecule has 0 radical (unpaired) electrons. The van der Waals surface area contributed by atoms with Crippen molar-refractivity contribution < 1.29 is 32.3 Å². The van der Waals surface area contributed by atoms with Crippen LogP contribution in [0.3, 0.4) is 0 Å². The smallest absolute Gasteiger partial charge is 0.337 e. The number of hydrogen-bond donors (Lipinski definition) is 1. The standard InChI is InChI=1S/C24H28N2O7S/c1-26(20-9-5-4-6-10-20)34(30,31)21-11-7-8-16(15-21)22(27)25-19-13-17(23(28)32-2)12-18(14-19)24(29)33-3/h7-8,11-15,20H,4-6,9-10H2,1-3H3,(H,25,27). The van der Waals surface area contributed by atoms with Crippen LogP contribution in [0.25, 0.3) is 0 Å². The number of hydrogen-bond acceptors (Lipinski definition) is 7. The fourth-order valence-corrected chi connectivity index (χ4v) is 5.44. The van der Waals surface area contributed by atoms with E-state index in [0.29, 0.717) is 0 Å². The highest BCUT2D eigenvalue weighted by atomic mass is 32.2. The number of carbonyl (C=O) groups is 3. The van der Waals surface area contributed by atoms with Gasteiger partial charge in [-0.25, -0.2) is 18.0 Å². The minimum Gasteiger partial charge on any atom is -0.465 e. The molecule has 0 bridgehead atoms. The third-order valence-electron chi connectivity index (χ3n) is 5.90. The number of esters is 2. The van der Waals surface area contributed by atoms with Gasteiger partial charge < -0.3 is 14.8 Å². The number of anilines is 1. The number of rotatable bonds is 7. The number of methoxy groups -OCH3 is 2. The highest BCUT2D eigenvalue weighted by molar-refractivity contribution is 7.89. The summed E-state index contributed by atoms with van der Waals surface area (Å²) in [6.07, 6.45) is 4.72. The van der Waals surface area contributed by atoms with E-state index in [4.69, 9.17) is 9.47 Å². The molecule has 1 fully saturated rings. The van der Waals surface area contributed by atoms with Crippen molar-refractivity contribution in [2.45, 2.75) is 43.0 Å². The van der Waals surface area contributed by atoms with Crippen molar-refractivity contribution >= 4 is 33.6 Å². The Hall–Kier alpha value is -3.24. The number of nitrogens with one attached hydrogen (secondary N) is 1. The molecule has 10 heteroatoms. The molecule has 2 aromatic rings. The Balaban J connectivity index is 1.87. The topological polar surface area (TPSA) is 119 Å². The second-order valence-corrected chi connectivity index (χ2v) is 10.1. The molecule has 1 aliphatic rings. The second kappa shape index (κ2) is 10.8. The van der Waals surface area contributed by atoms with Crippen molar-refractivity contribution in [2.24, 2.45) is 0 Å². The molecule has 0 saturated heterocycles. The van der Waals surface area contributed by atoms with E-state index >= 15 is 0 Å². The van der Waals surface area contributed by atoms with Crippen LogP contribution in [-0.4, -0.2) is 57.9 Å². The van der Waals surface area contributed by atoms with Gasteiger partial charge >= 0.3 is 11.9 Å². The minimum absolute atomic E-state index is 0.0202. The molecule has 0 unspecified atom stereocenters. The van der Waals surface area contributed by atoms with Gasteiger partial charge in [-0.1, -0.05) is 25.3 Å². The lowest BCUT2D eigenvalue weighted by Gasteiger charge is -2.30. The molecule has 3 rings (SSSR count). The van der Waals surface area contributed by atoms with Crippen LogP contribution < -0.4 is 5.32 Å². The van der Waals surface area contributed by atoms with Crippen molar-refractivity contribution in [1.29, 1.82) is 0 Å². The van der Waals surface area contributed by atoms with Crippen LogP contribution in [0.15, 0.2) is 47.4 Å². The second-order valence-electron chi connectivity index (χ2n) is 8.08. The Bertz CT molecular complexity index is 1150. The lowest BCUT2D eigenvalue weighted by atomic mass is 9.96. The maximum Gasteiger partial charge on any atom is 0.337 e. The number of carbonyl (C=O) groups excluding carboxylic acids is 3. The van der Waals surface area contributed by atoms with Gasteiger partial charge in [0.05, 0.1) is 30.2 Å². The molecule has 0 aromatic heterocycles. The summed E-state index contributed by atoms with van der Waals surface area (Å²) in [7, 11) is 0.187. The predicted molar refractivity (Wildman–Crippen MR) is 125 cm³/mol. The third kappa shape index (κ3) is 5.63. The first-order chi connectivity index (χ1) is 16.2. The van der Waals surface area contributed by atoms with E-state index in [-0.39, 0.29) is 33.3 Å². The Morgan fingerprint density at radius 1 is 0.882 bits per heavy atom. The van der Waals surface area contributed by atoms with Gasteiger partial charge in [-0.15, -0.1) is 0 Å². The van der Waals surface area contributed by atoms with Crippen molar-refractivity contribution in [1.82, 2.24) is 4.31 Å². The van der Waals surface area contributed by atoms with Crippen molar-refractivity contribution in [2.75, 3.05) is 26.6 Å². The van der Waals surface area contributed by atoms with Gasteiger partial charge in [0.1, 0.15) is 0 Å². The largest absolute Gasteiger partial charge is 0.465 e. The quantitative estimate of drug-likeness (QED) is 0.593. The Kier molecular flexibility index (Phi) is 8.06. The van der Waals surface area contributed by atoms with Gasteiger partial charge in [-0.05, 0) is 49.2 Å². The highest BCUT2D eigenvalue weighted by Gasteiger charge is 2.29. The van der Waals surface area contributed by atoms with Crippen LogP contribution >= 0.6 is 0 Å². The van der Waals surface area contributed by atoms with Crippen LogP contribution in [-0.2, 0) is 19.5 Å². The number of sulfonamides is 1. The van der Waals surface area contributed by atoms with E-state index < -0.39 is 27.9 Å². The molecule has 0 atom stereocenters. The van der Waals surface area contributed by atoms with Gasteiger partial charge in [-0.3, -0.25) is 4.79 Å². The molecular weight excluding hydrogens is 460 g/mol. The van der Waals surface area contributed by atoms with Gasteiger partial charge in [0, 0.05) is 24.3 Å². The van der Waals surface area contributed by atoms with Crippen LogP contribution in [0, 0.1) is 0 Å². The summed E-state index contributed by atoms with van der Waals surface area (Å²) < 4.78 is 37.1. The number of nitrogens with zero attached hydrogens (tertiary/aromatic N) is 1. The number of ether oxygens (including phenoxy) is 2. The summed E-state index contributed by atoms with van der Waals surface area (Å²) in [5, 5.41) is 2.61. The first-order valence-corrected chi connectivity index (χ1v) is 12.3. The average molecular weight is 489 g/mol. The van der Waals surface area contributed by atoms with Gasteiger partial charge in [0.2, 0.25) is 10.0 Å². The van der Waals surface area contributed by atoms with E-state index in [9.17, 15) is 22.8 Å². The van der Waals surface area contributed by atoms with E-state index in [2.05, 4.69) is 5.32 Å². The summed E-state index contributed by atoms with van der Waals surface area (Å²) in [4.78, 5) is 36.9. The summed E-state index contributed by atoms with van der Waals surface area (Å²) in [6, 6.07) is 9.70. The molecule has 0 spiro atoms. The van der Waals surface area contributed by atoms with Gasteiger partial charge in [0.25, 0.3) is 5.91 Å². The van der Waals surface area contributed by atoms with Gasteiger partial charge in [0.15, 0.2) is 0 Å². The first kappa shape index (κ1) is 25.4. The lowest BCUT2D eigenvalue weighted by molar-refractivity contribution is 0.0598. The van der Waals surface area contributed by atoms with Crippen LogP contribution in [0.2, 0.25) is 0 Å². The Morgan fingerprint density at radius 3 is 2.03 bits per heavy atom. The fourth-order valence-electron chi connectivity index (χ4n) is 3.98. The van der Waals surface area contributed by atoms with Crippen LogP contribution in [0.4, 0.5) is 5.69 Å². The first-order valence-electron chi connectivity index (χ1n) is 10.9. The molecule has 1 aliphatic carbocycles. The monoisotopic (exact) mass is 488 g/mol. The van der Waals surface area contributed by atoms with Gasteiger partial charge in [-0.2, -0.15) is 4.31 Å². The maximum atomic E-state index is 13.2. The zero-order chi connectivity index (χ0) is 24.9. The zero-order valence-electron chi connectivity index (χ0n) is 19.4.